The number of aromatic amines is 1. The minimum absolute atomic E-state index is 0.272. The molecule has 2 aromatic rings. The molecular formula is C26H33ClN4O4. The maximum atomic E-state index is 12.6. The number of H-pyrrole nitrogens is 1. The van der Waals surface area contributed by atoms with Gasteiger partial charge in [0.1, 0.15) is 0 Å². The maximum absolute atomic E-state index is 12.6. The number of carbonyl (C=O) groups excluding carboxylic acids is 1. The Balaban J connectivity index is 1.21. The second kappa shape index (κ2) is 12.1. The normalized spacial score (nSPS) is 16.4. The average Bonchev–Trinajstić information content (AvgIpc) is 3.14. The summed E-state index contributed by atoms with van der Waals surface area (Å²) in [5.41, 5.74) is 2.25. The van der Waals surface area contributed by atoms with E-state index in [1.807, 2.05) is 24.3 Å². The van der Waals surface area contributed by atoms with Crippen LogP contribution in [0.3, 0.4) is 0 Å². The third-order valence-corrected chi connectivity index (χ3v) is 6.98. The van der Waals surface area contributed by atoms with Crippen molar-refractivity contribution in [3.05, 3.63) is 74.8 Å². The van der Waals surface area contributed by atoms with Gasteiger partial charge in [0.15, 0.2) is 0 Å². The molecule has 0 atom stereocenters. The average molecular weight is 501 g/mol. The second-order valence-corrected chi connectivity index (χ2v) is 9.63. The highest BCUT2D eigenvalue weighted by Crippen LogP contribution is 2.23. The van der Waals surface area contributed by atoms with Gasteiger partial charge in [-0.1, -0.05) is 52.3 Å². The zero-order chi connectivity index (χ0) is 24.6. The lowest BCUT2D eigenvalue weighted by Crippen LogP contribution is -2.44. The maximum Gasteiger partial charge on any atom is 0.434 e. The van der Waals surface area contributed by atoms with Crippen molar-refractivity contribution >= 4 is 17.7 Å². The van der Waals surface area contributed by atoms with Crippen LogP contribution in [0, 0.1) is 5.92 Å². The molecule has 1 aliphatic carbocycles. The second-order valence-electron chi connectivity index (χ2n) is 9.20. The fourth-order valence-corrected chi connectivity index (χ4v) is 4.67. The predicted molar refractivity (Wildman–Crippen MR) is 136 cm³/mol. The minimum atomic E-state index is -0.675. The number of likely N-dealkylation sites (tertiary alicyclic amines) is 1. The number of aromatic hydroxyl groups is 1. The SMILES string of the molecule is O=C(On1c(O)c(CNCCC2=CC=CCC2)[nH]c1=O)N1CCC(CCc2ccc(Cl)cc2)CC1. The molecular weight excluding hydrogens is 468 g/mol. The Bertz CT molecular complexity index is 1110. The standard InChI is InChI=1S/C26H33ClN4O4/c27-22-10-8-20(9-11-22)6-7-21-13-16-30(17-14-21)26(34)35-31-24(32)23(29-25(31)33)18-28-15-12-19-4-2-1-3-5-19/h1-2,4,8-11,21,28,32H,3,5-7,12-18H2,(H,29,33). The number of amides is 1. The molecule has 2 aliphatic rings. The van der Waals surface area contributed by atoms with Crippen molar-refractivity contribution in [2.45, 2.75) is 51.5 Å². The van der Waals surface area contributed by atoms with Gasteiger partial charge in [-0.2, -0.15) is 0 Å². The largest absolute Gasteiger partial charge is 0.491 e. The molecule has 1 aromatic carbocycles. The summed E-state index contributed by atoms with van der Waals surface area (Å²) in [5.74, 6) is 0.143. The molecule has 0 unspecified atom stereocenters. The van der Waals surface area contributed by atoms with Crippen LogP contribution in [-0.4, -0.2) is 45.4 Å². The van der Waals surface area contributed by atoms with Crippen LogP contribution in [0.15, 0.2) is 52.9 Å². The number of benzene rings is 1. The number of carbonyl (C=O) groups is 1. The number of nitrogens with one attached hydrogen (secondary N) is 2. The molecule has 1 aliphatic heterocycles. The highest BCUT2D eigenvalue weighted by molar-refractivity contribution is 6.30. The van der Waals surface area contributed by atoms with Crippen molar-refractivity contribution in [1.29, 1.82) is 0 Å². The first-order valence-corrected chi connectivity index (χ1v) is 12.7. The quantitative estimate of drug-likeness (QED) is 0.448. The van der Waals surface area contributed by atoms with E-state index in [0.29, 0.717) is 29.4 Å². The van der Waals surface area contributed by atoms with Crippen LogP contribution in [0.4, 0.5) is 4.79 Å². The summed E-state index contributed by atoms with van der Waals surface area (Å²) in [6, 6.07) is 7.91. The van der Waals surface area contributed by atoms with Crippen LogP contribution in [0.25, 0.3) is 0 Å². The lowest BCUT2D eigenvalue weighted by atomic mass is 9.91. The van der Waals surface area contributed by atoms with Crippen LogP contribution in [0.5, 0.6) is 5.88 Å². The van der Waals surface area contributed by atoms with E-state index in [1.54, 1.807) is 4.90 Å². The first kappa shape index (κ1) is 25.1. The van der Waals surface area contributed by atoms with Crippen LogP contribution >= 0.6 is 11.6 Å². The first-order valence-electron chi connectivity index (χ1n) is 12.3. The summed E-state index contributed by atoms with van der Waals surface area (Å²) in [6.45, 7) is 2.11. The van der Waals surface area contributed by atoms with E-state index in [0.717, 1.165) is 56.5 Å². The lowest BCUT2D eigenvalue weighted by Gasteiger charge is -2.31. The van der Waals surface area contributed by atoms with E-state index in [-0.39, 0.29) is 12.4 Å². The number of aryl methyl sites for hydroxylation is 1. The topological polar surface area (TPSA) is 99.6 Å². The Labute approximate surface area is 210 Å². The van der Waals surface area contributed by atoms with Gasteiger partial charge in [-0.3, -0.25) is 0 Å². The van der Waals surface area contributed by atoms with E-state index in [2.05, 4.69) is 28.5 Å². The number of rotatable bonds is 9. The first-order chi connectivity index (χ1) is 17.0. The fourth-order valence-electron chi connectivity index (χ4n) is 4.55. The van der Waals surface area contributed by atoms with Gasteiger partial charge < -0.3 is 25.1 Å². The smallest absolute Gasteiger partial charge is 0.434 e. The van der Waals surface area contributed by atoms with Gasteiger partial charge in [0.05, 0.1) is 5.69 Å². The highest BCUT2D eigenvalue weighted by Gasteiger charge is 2.26. The summed E-state index contributed by atoms with van der Waals surface area (Å²) >= 11 is 5.95. The summed E-state index contributed by atoms with van der Waals surface area (Å²) < 4.78 is 0.639. The highest BCUT2D eigenvalue weighted by atomic mass is 35.5. The van der Waals surface area contributed by atoms with Crippen molar-refractivity contribution < 1.29 is 14.7 Å². The number of allylic oxidation sites excluding steroid dienone is 3. The fraction of sp³-hybridized carbons (Fsp3) is 0.462. The zero-order valence-corrected chi connectivity index (χ0v) is 20.6. The van der Waals surface area contributed by atoms with Gasteiger partial charge >= 0.3 is 11.8 Å². The van der Waals surface area contributed by atoms with Gasteiger partial charge in [-0.25, -0.2) is 9.59 Å². The lowest BCUT2D eigenvalue weighted by molar-refractivity contribution is 0.0678. The van der Waals surface area contributed by atoms with Crippen molar-refractivity contribution in [2.24, 2.45) is 5.92 Å². The third kappa shape index (κ3) is 7.02. The Morgan fingerprint density at radius 2 is 1.97 bits per heavy atom. The molecule has 4 rings (SSSR count). The van der Waals surface area contributed by atoms with Crippen LogP contribution in [-0.2, 0) is 13.0 Å². The molecule has 8 nitrogen and oxygen atoms in total. The number of halogens is 1. The van der Waals surface area contributed by atoms with Crippen LogP contribution < -0.4 is 15.8 Å². The number of piperidine rings is 1. The van der Waals surface area contributed by atoms with E-state index < -0.39 is 11.8 Å². The molecule has 0 spiro atoms. The van der Waals surface area contributed by atoms with Crippen LogP contribution in [0.1, 0.15) is 49.8 Å². The van der Waals surface area contributed by atoms with Crippen molar-refractivity contribution in [1.82, 2.24) is 19.9 Å². The minimum Gasteiger partial charge on any atom is -0.491 e. The van der Waals surface area contributed by atoms with Gasteiger partial charge in [0.25, 0.3) is 5.88 Å². The van der Waals surface area contributed by atoms with Gasteiger partial charge in [0.2, 0.25) is 0 Å². The van der Waals surface area contributed by atoms with Gasteiger partial charge in [-0.15, -0.1) is 0 Å². The predicted octanol–water partition coefficient (Wildman–Crippen LogP) is 4.18. The molecule has 9 heteroatoms. The molecule has 3 N–H and O–H groups in total. The van der Waals surface area contributed by atoms with Crippen molar-refractivity contribution in [2.75, 3.05) is 19.6 Å². The monoisotopic (exact) mass is 500 g/mol. The molecule has 0 bridgehead atoms. The molecule has 35 heavy (non-hydrogen) atoms. The molecule has 0 saturated carbocycles. The van der Waals surface area contributed by atoms with Gasteiger partial charge in [0, 0.05) is 24.7 Å². The molecule has 1 fully saturated rings. The molecule has 188 valence electrons. The van der Waals surface area contributed by atoms with E-state index in [9.17, 15) is 14.7 Å². The van der Waals surface area contributed by atoms with Crippen molar-refractivity contribution in [3.63, 3.8) is 0 Å². The Kier molecular flexibility index (Phi) is 8.71. The molecule has 1 saturated heterocycles. The summed E-state index contributed by atoms with van der Waals surface area (Å²) in [5, 5.41) is 14.4. The number of hydrogen-bond donors (Lipinski definition) is 3. The molecule has 1 aromatic heterocycles. The summed E-state index contributed by atoms with van der Waals surface area (Å²) in [4.78, 5) is 34.2. The van der Waals surface area contributed by atoms with E-state index in [4.69, 9.17) is 16.4 Å². The zero-order valence-electron chi connectivity index (χ0n) is 19.8. The van der Waals surface area contributed by atoms with E-state index >= 15 is 0 Å². The summed E-state index contributed by atoms with van der Waals surface area (Å²) in [6.07, 6.45) is 12.5. The number of nitrogens with zero attached hydrogens (tertiary/aromatic N) is 2. The van der Waals surface area contributed by atoms with Crippen molar-refractivity contribution in [3.8, 4) is 5.88 Å². The summed E-state index contributed by atoms with van der Waals surface area (Å²) in [7, 11) is 0. The Morgan fingerprint density at radius 3 is 2.69 bits per heavy atom. The third-order valence-electron chi connectivity index (χ3n) is 6.73. The molecule has 0 radical (unpaired) electrons. The van der Waals surface area contributed by atoms with Crippen LogP contribution in [0.2, 0.25) is 5.02 Å². The Hall–Kier alpha value is -2.97. The number of aromatic nitrogens is 2. The van der Waals surface area contributed by atoms with Gasteiger partial charge in [-0.05, 0) is 75.1 Å². The molecule has 2 heterocycles. The molecule has 1 amide bonds. The Morgan fingerprint density at radius 1 is 1.20 bits per heavy atom. The number of imidazole rings is 1. The number of hydrogen-bond acceptors (Lipinski definition) is 5. The van der Waals surface area contributed by atoms with E-state index in [1.165, 1.54) is 11.1 Å².